The minimum atomic E-state index is 0.321. The third-order valence-corrected chi connectivity index (χ3v) is 9.24. The van der Waals surface area contributed by atoms with E-state index < -0.39 is 0 Å². The topological polar surface area (TPSA) is 13.1 Å². The van der Waals surface area contributed by atoms with E-state index in [0.717, 1.165) is 19.4 Å². The summed E-state index contributed by atoms with van der Waals surface area (Å²) < 4.78 is 7.87. The monoisotopic (exact) mass is 393 g/mol. The average molecular weight is 393 g/mol. The molecule has 1 aromatic carbocycles. The SMILES string of the molecule is Cc1ccc(-c2cccc3c2CCC3[I-]C2CCCC2)o1. The van der Waals surface area contributed by atoms with Crippen LogP contribution in [-0.2, 0) is 6.42 Å². The van der Waals surface area contributed by atoms with Gasteiger partial charge in [-0.15, -0.1) is 0 Å². The number of furan rings is 1. The van der Waals surface area contributed by atoms with Gasteiger partial charge in [0.2, 0.25) is 0 Å². The first-order valence-corrected chi connectivity index (χ1v) is 10.6. The Morgan fingerprint density at radius 3 is 2.67 bits per heavy atom. The first-order chi connectivity index (χ1) is 10.3. The summed E-state index contributed by atoms with van der Waals surface area (Å²) in [5, 5.41) is 0. The van der Waals surface area contributed by atoms with Gasteiger partial charge < -0.3 is 0 Å². The van der Waals surface area contributed by atoms with Gasteiger partial charge in [0, 0.05) is 0 Å². The van der Waals surface area contributed by atoms with E-state index >= 15 is 0 Å². The normalized spacial score (nSPS) is 22.0. The van der Waals surface area contributed by atoms with Crippen LogP contribution in [0.15, 0.2) is 34.7 Å². The molecule has 21 heavy (non-hydrogen) atoms. The molecule has 0 aliphatic heterocycles. The summed E-state index contributed by atoms with van der Waals surface area (Å²) >= 11 is 0.321. The summed E-state index contributed by atoms with van der Waals surface area (Å²) in [6.45, 7) is 2.03. The molecule has 1 heterocycles. The average Bonchev–Trinajstić information content (AvgIpc) is 3.21. The summed E-state index contributed by atoms with van der Waals surface area (Å²) in [5.41, 5.74) is 4.58. The van der Waals surface area contributed by atoms with E-state index in [9.17, 15) is 0 Å². The molecule has 1 atom stereocenters. The Bertz CT molecular complexity index is 637. The third kappa shape index (κ3) is 2.67. The fourth-order valence-electron chi connectivity index (χ4n) is 3.76. The molecule has 1 fully saturated rings. The van der Waals surface area contributed by atoms with Crippen LogP contribution in [0.5, 0.6) is 0 Å². The van der Waals surface area contributed by atoms with E-state index in [1.54, 1.807) is 11.1 Å². The number of fused-ring (bicyclic) bond motifs is 1. The summed E-state index contributed by atoms with van der Waals surface area (Å²) in [5.74, 6) is 2.07. The van der Waals surface area contributed by atoms with Crippen LogP contribution >= 0.6 is 0 Å². The van der Waals surface area contributed by atoms with Crippen LogP contribution in [0.2, 0.25) is 0 Å². The molecule has 4 rings (SSSR count). The van der Waals surface area contributed by atoms with Crippen LogP contribution in [0.4, 0.5) is 0 Å². The van der Waals surface area contributed by atoms with Crippen LogP contribution in [0.1, 0.15) is 52.9 Å². The number of alkyl halides is 2. The number of aryl methyl sites for hydroxylation is 1. The Labute approximate surface area is 137 Å². The van der Waals surface area contributed by atoms with Crippen LogP contribution in [0, 0.1) is 6.92 Å². The second-order valence-corrected chi connectivity index (χ2v) is 10.3. The molecule has 2 aliphatic carbocycles. The van der Waals surface area contributed by atoms with Crippen molar-refractivity contribution in [2.24, 2.45) is 0 Å². The molecular weight excluding hydrogens is 371 g/mol. The molecule has 0 amide bonds. The first kappa shape index (κ1) is 13.9. The van der Waals surface area contributed by atoms with E-state index in [0.29, 0.717) is 21.2 Å². The number of halogens is 1. The van der Waals surface area contributed by atoms with E-state index in [2.05, 4.69) is 30.3 Å². The van der Waals surface area contributed by atoms with E-state index in [1.165, 1.54) is 44.1 Å². The van der Waals surface area contributed by atoms with E-state index in [-0.39, 0.29) is 0 Å². The van der Waals surface area contributed by atoms with Gasteiger partial charge >= 0.3 is 137 Å². The summed E-state index contributed by atoms with van der Waals surface area (Å²) in [7, 11) is 0. The van der Waals surface area contributed by atoms with Crippen molar-refractivity contribution in [3.05, 3.63) is 47.2 Å². The fourth-order valence-corrected chi connectivity index (χ4v) is 8.23. The number of hydrogen-bond donors (Lipinski definition) is 0. The molecule has 0 spiro atoms. The van der Waals surface area contributed by atoms with E-state index in [1.807, 2.05) is 6.92 Å². The second kappa shape index (κ2) is 5.79. The predicted octanol–water partition coefficient (Wildman–Crippen LogP) is 2.27. The fraction of sp³-hybridized carbons (Fsp3) is 0.474. The summed E-state index contributed by atoms with van der Waals surface area (Å²) in [6.07, 6.45) is 8.62. The van der Waals surface area contributed by atoms with Crippen LogP contribution in [0.25, 0.3) is 11.3 Å². The zero-order valence-corrected chi connectivity index (χ0v) is 14.7. The van der Waals surface area contributed by atoms with Gasteiger partial charge in [0.15, 0.2) is 0 Å². The maximum absolute atomic E-state index is 5.87. The molecule has 2 aromatic rings. The van der Waals surface area contributed by atoms with Crippen molar-refractivity contribution in [2.75, 3.05) is 0 Å². The van der Waals surface area contributed by atoms with Crippen molar-refractivity contribution in [1.82, 2.24) is 0 Å². The van der Waals surface area contributed by atoms with Gasteiger partial charge in [0.05, 0.1) is 0 Å². The Morgan fingerprint density at radius 1 is 1.05 bits per heavy atom. The van der Waals surface area contributed by atoms with Gasteiger partial charge in [0.25, 0.3) is 0 Å². The van der Waals surface area contributed by atoms with Crippen LogP contribution in [0.3, 0.4) is 0 Å². The first-order valence-electron chi connectivity index (χ1n) is 8.12. The molecule has 0 radical (unpaired) electrons. The van der Waals surface area contributed by atoms with Crippen molar-refractivity contribution < 1.29 is 25.6 Å². The summed E-state index contributed by atoms with van der Waals surface area (Å²) in [4.78, 5) is 0. The van der Waals surface area contributed by atoms with Crippen molar-refractivity contribution >= 4 is 0 Å². The predicted molar refractivity (Wildman–Crippen MR) is 82.2 cm³/mol. The van der Waals surface area contributed by atoms with Crippen molar-refractivity contribution in [1.29, 1.82) is 0 Å². The minimum absolute atomic E-state index is 0.321. The Balaban J connectivity index is 1.63. The van der Waals surface area contributed by atoms with Crippen LogP contribution < -0.4 is 21.2 Å². The zero-order chi connectivity index (χ0) is 14.2. The molecule has 112 valence electrons. The maximum atomic E-state index is 5.87. The Morgan fingerprint density at radius 2 is 1.90 bits per heavy atom. The molecule has 1 nitrogen and oxygen atoms in total. The Hall–Kier alpha value is -0.770. The molecule has 0 N–H and O–H groups in total. The van der Waals surface area contributed by atoms with Crippen molar-refractivity contribution in [3.8, 4) is 11.3 Å². The number of hydrogen-bond acceptors (Lipinski definition) is 1. The molecular formula is C19H22IO-. The van der Waals surface area contributed by atoms with Crippen molar-refractivity contribution in [2.45, 2.75) is 53.3 Å². The molecule has 1 saturated carbocycles. The van der Waals surface area contributed by atoms with Gasteiger partial charge in [-0.2, -0.15) is 0 Å². The third-order valence-electron chi connectivity index (χ3n) is 4.82. The van der Waals surface area contributed by atoms with Gasteiger partial charge in [-0.25, -0.2) is 0 Å². The molecule has 2 aliphatic rings. The van der Waals surface area contributed by atoms with Crippen LogP contribution in [-0.4, -0.2) is 3.92 Å². The molecule has 1 aromatic heterocycles. The zero-order valence-electron chi connectivity index (χ0n) is 12.6. The number of rotatable bonds is 3. The molecule has 0 saturated heterocycles. The quantitative estimate of drug-likeness (QED) is 0.576. The molecule has 1 unspecified atom stereocenters. The summed E-state index contributed by atoms with van der Waals surface area (Å²) in [6, 6.07) is 11.1. The standard InChI is InChI=1S/C19H22IO/c1-13-9-12-19(21-13)17-8-4-7-16-15(17)10-11-18(16)20-14-5-2-3-6-14/h4,7-9,12,14,18H,2-3,5-6,10-11H2,1H3/q-1. The Kier molecular flexibility index (Phi) is 3.82. The molecule has 2 heteroatoms. The van der Waals surface area contributed by atoms with Gasteiger partial charge in [0.1, 0.15) is 0 Å². The van der Waals surface area contributed by atoms with E-state index in [4.69, 9.17) is 4.42 Å². The number of benzene rings is 1. The molecule has 0 bridgehead atoms. The van der Waals surface area contributed by atoms with Crippen molar-refractivity contribution in [3.63, 3.8) is 0 Å². The van der Waals surface area contributed by atoms with Gasteiger partial charge in [-0.3, -0.25) is 0 Å². The van der Waals surface area contributed by atoms with Gasteiger partial charge in [-0.1, -0.05) is 0 Å². The second-order valence-electron chi connectivity index (χ2n) is 6.30. The van der Waals surface area contributed by atoms with Gasteiger partial charge in [-0.05, 0) is 0 Å².